The molecular weight excluding hydrogens is 262 g/mol. The lowest BCUT2D eigenvalue weighted by Crippen LogP contribution is -2.39. The van der Waals surface area contributed by atoms with Crippen LogP contribution < -0.4 is 15.2 Å². The van der Waals surface area contributed by atoms with Gasteiger partial charge < -0.3 is 5.73 Å². The van der Waals surface area contributed by atoms with Crippen LogP contribution in [0.15, 0.2) is 30.3 Å². The molecule has 0 aromatic heterocycles. The molecule has 0 bridgehead atoms. The molecule has 0 heterocycles. The second-order valence-electron chi connectivity index (χ2n) is 4.95. The Morgan fingerprint density at radius 3 is 2.37 bits per heavy atom. The molecule has 108 valence electrons. The van der Waals surface area contributed by atoms with Crippen molar-refractivity contribution in [1.82, 2.24) is 9.44 Å². The summed E-state index contributed by atoms with van der Waals surface area (Å²) in [6.07, 6.45) is 0.562. The maximum absolute atomic E-state index is 11.6. The van der Waals surface area contributed by atoms with Gasteiger partial charge in [-0.2, -0.15) is 8.42 Å². The average Bonchev–Trinajstić information content (AvgIpc) is 2.37. The number of benzene rings is 1. The zero-order chi connectivity index (χ0) is 14.3. The molecule has 4 N–H and O–H groups in total. The Kier molecular flexibility index (Phi) is 6.44. The third-order valence-corrected chi connectivity index (χ3v) is 3.79. The lowest BCUT2D eigenvalue weighted by atomic mass is 10.1. The Morgan fingerprint density at radius 1 is 1.16 bits per heavy atom. The third-order valence-electron chi connectivity index (χ3n) is 2.66. The Bertz CT molecular complexity index is 460. The van der Waals surface area contributed by atoms with E-state index in [-0.39, 0.29) is 12.0 Å². The van der Waals surface area contributed by atoms with E-state index < -0.39 is 10.2 Å². The van der Waals surface area contributed by atoms with Crippen molar-refractivity contribution >= 4 is 10.2 Å². The molecule has 0 saturated heterocycles. The predicted octanol–water partition coefficient (Wildman–Crippen LogP) is 1.16. The van der Waals surface area contributed by atoms with E-state index in [1.165, 1.54) is 0 Å². The molecule has 0 aliphatic heterocycles. The lowest BCUT2D eigenvalue weighted by molar-refractivity contribution is 0.540. The van der Waals surface area contributed by atoms with Gasteiger partial charge in [0.1, 0.15) is 0 Å². The number of hydrogen-bond donors (Lipinski definition) is 3. The Labute approximate surface area is 115 Å². The van der Waals surface area contributed by atoms with Crippen LogP contribution in [0.4, 0.5) is 0 Å². The highest BCUT2D eigenvalue weighted by Gasteiger charge is 2.11. The maximum atomic E-state index is 11.6. The van der Waals surface area contributed by atoms with Crippen molar-refractivity contribution in [2.45, 2.75) is 26.3 Å². The van der Waals surface area contributed by atoms with E-state index in [1.807, 2.05) is 44.2 Å². The summed E-state index contributed by atoms with van der Waals surface area (Å²) in [6, 6.07) is 9.49. The van der Waals surface area contributed by atoms with Crippen LogP contribution in [0.25, 0.3) is 0 Å². The molecular formula is C13H23N3O2S. The smallest absolute Gasteiger partial charge is 0.276 e. The van der Waals surface area contributed by atoms with Crippen LogP contribution in [0.2, 0.25) is 0 Å². The van der Waals surface area contributed by atoms with Crippen LogP contribution in [-0.4, -0.2) is 21.5 Å². The van der Waals surface area contributed by atoms with Gasteiger partial charge in [0, 0.05) is 19.1 Å². The molecule has 5 nitrogen and oxygen atoms in total. The van der Waals surface area contributed by atoms with Crippen molar-refractivity contribution in [2.75, 3.05) is 13.1 Å². The quantitative estimate of drug-likeness (QED) is 0.670. The molecule has 0 amide bonds. The molecule has 0 fully saturated rings. The van der Waals surface area contributed by atoms with Gasteiger partial charge >= 0.3 is 0 Å². The van der Waals surface area contributed by atoms with Crippen LogP contribution >= 0.6 is 0 Å². The molecule has 0 aliphatic carbocycles. The molecule has 0 saturated carbocycles. The summed E-state index contributed by atoms with van der Waals surface area (Å²) in [4.78, 5) is 0. The second-order valence-corrected chi connectivity index (χ2v) is 6.53. The summed E-state index contributed by atoms with van der Waals surface area (Å²) in [5.41, 5.74) is 7.00. The van der Waals surface area contributed by atoms with Crippen molar-refractivity contribution < 1.29 is 8.42 Å². The van der Waals surface area contributed by atoms with Crippen LogP contribution in [-0.2, 0) is 10.2 Å². The summed E-state index contributed by atoms with van der Waals surface area (Å²) in [7, 11) is -3.41. The number of nitrogens with two attached hydrogens (primary N) is 1. The minimum atomic E-state index is -3.41. The summed E-state index contributed by atoms with van der Waals surface area (Å²) in [6.45, 7) is 4.66. The first-order valence-electron chi connectivity index (χ1n) is 6.45. The normalized spacial score (nSPS) is 13.7. The molecule has 1 unspecified atom stereocenters. The molecule has 0 radical (unpaired) electrons. The largest absolute Gasteiger partial charge is 0.324 e. The third kappa shape index (κ3) is 6.68. The van der Waals surface area contributed by atoms with Gasteiger partial charge in [-0.3, -0.25) is 0 Å². The van der Waals surface area contributed by atoms with Gasteiger partial charge in [0.05, 0.1) is 0 Å². The first-order valence-corrected chi connectivity index (χ1v) is 7.94. The molecule has 19 heavy (non-hydrogen) atoms. The second kappa shape index (κ2) is 7.59. The number of hydrogen-bond acceptors (Lipinski definition) is 3. The lowest BCUT2D eigenvalue weighted by Gasteiger charge is -2.13. The Balaban J connectivity index is 2.34. The van der Waals surface area contributed by atoms with Gasteiger partial charge in [0.25, 0.3) is 10.2 Å². The minimum Gasteiger partial charge on any atom is -0.324 e. The fraction of sp³-hybridized carbons (Fsp3) is 0.538. The van der Waals surface area contributed by atoms with E-state index >= 15 is 0 Å². The van der Waals surface area contributed by atoms with Crippen molar-refractivity contribution in [1.29, 1.82) is 0 Å². The number of nitrogens with one attached hydrogen (secondary N) is 2. The molecule has 1 aromatic rings. The van der Waals surface area contributed by atoms with Crippen molar-refractivity contribution in [3.05, 3.63) is 35.9 Å². The average molecular weight is 285 g/mol. The van der Waals surface area contributed by atoms with E-state index in [4.69, 9.17) is 5.73 Å². The van der Waals surface area contributed by atoms with E-state index in [2.05, 4.69) is 9.44 Å². The summed E-state index contributed by atoms with van der Waals surface area (Å²) < 4.78 is 28.2. The molecule has 1 atom stereocenters. The Hall–Kier alpha value is -0.950. The summed E-state index contributed by atoms with van der Waals surface area (Å²) in [5, 5.41) is 0. The van der Waals surface area contributed by atoms with Crippen LogP contribution in [0.3, 0.4) is 0 Å². The fourth-order valence-corrected chi connectivity index (χ4v) is 2.58. The van der Waals surface area contributed by atoms with Crippen LogP contribution in [0.1, 0.15) is 31.9 Å². The van der Waals surface area contributed by atoms with Gasteiger partial charge in [0.2, 0.25) is 0 Å². The van der Waals surface area contributed by atoms with E-state index in [1.54, 1.807) is 0 Å². The topological polar surface area (TPSA) is 84.2 Å². The van der Waals surface area contributed by atoms with Gasteiger partial charge in [-0.15, -0.1) is 0 Å². The van der Waals surface area contributed by atoms with E-state index in [9.17, 15) is 8.42 Å². The van der Waals surface area contributed by atoms with Crippen LogP contribution in [0.5, 0.6) is 0 Å². The number of rotatable bonds is 8. The molecule has 1 aromatic carbocycles. The molecule has 0 aliphatic rings. The molecule has 1 rings (SSSR count). The summed E-state index contributed by atoms with van der Waals surface area (Å²) in [5.74, 6) is 0.281. The maximum Gasteiger partial charge on any atom is 0.276 e. The first-order chi connectivity index (χ1) is 8.91. The van der Waals surface area contributed by atoms with Gasteiger partial charge in [-0.05, 0) is 17.9 Å². The van der Waals surface area contributed by atoms with Crippen molar-refractivity contribution in [3.8, 4) is 0 Å². The monoisotopic (exact) mass is 285 g/mol. The highest BCUT2D eigenvalue weighted by atomic mass is 32.2. The zero-order valence-corrected chi connectivity index (χ0v) is 12.3. The van der Waals surface area contributed by atoms with Gasteiger partial charge in [0.15, 0.2) is 0 Å². The van der Waals surface area contributed by atoms with Crippen molar-refractivity contribution in [2.24, 2.45) is 11.7 Å². The van der Waals surface area contributed by atoms with Crippen molar-refractivity contribution in [3.63, 3.8) is 0 Å². The van der Waals surface area contributed by atoms with E-state index in [0.717, 1.165) is 5.56 Å². The first kappa shape index (κ1) is 16.1. The SMILES string of the molecule is CC(C)CNS(=O)(=O)NCCC(N)c1ccccc1. The molecule has 6 heteroatoms. The minimum absolute atomic E-state index is 0.158. The fourth-order valence-electron chi connectivity index (χ4n) is 1.54. The van der Waals surface area contributed by atoms with Gasteiger partial charge in [-0.25, -0.2) is 9.44 Å². The zero-order valence-electron chi connectivity index (χ0n) is 11.5. The highest BCUT2D eigenvalue weighted by Crippen LogP contribution is 2.12. The Morgan fingerprint density at radius 2 is 1.79 bits per heavy atom. The van der Waals surface area contributed by atoms with Crippen LogP contribution in [0, 0.1) is 5.92 Å². The molecule has 0 spiro atoms. The predicted molar refractivity (Wildman–Crippen MR) is 77.8 cm³/mol. The standard InChI is InChI=1S/C13H23N3O2S/c1-11(2)10-16-19(17,18)15-9-8-13(14)12-6-4-3-5-7-12/h3-7,11,13,15-16H,8-10,14H2,1-2H3. The summed E-state index contributed by atoms with van der Waals surface area (Å²) >= 11 is 0. The highest BCUT2D eigenvalue weighted by molar-refractivity contribution is 7.87. The van der Waals surface area contributed by atoms with E-state index in [0.29, 0.717) is 19.5 Å². The van der Waals surface area contributed by atoms with Gasteiger partial charge in [-0.1, -0.05) is 44.2 Å².